The number of carbonyl (C=O) groups excluding carboxylic acids is 1. The summed E-state index contributed by atoms with van der Waals surface area (Å²) in [7, 11) is 1.91. The predicted octanol–water partition coefficient (Wildman–Crippen LogP) is 3.05. The van der Waals surface area contributed by atoms with Gasteiger partial charge >= 0.3 is 0 Å². The van der Waals surface area contributed by atoms with Gasteiger partial charge in [0.2, 0.25) is 0 Å². The van der Waals surface area contributed by atoms with Gasteiger partial charge in [-0.2, -0.15) is 0 Å². The summed E-state index contributed by atoms with van der Waals surface area (Å²) in [6, 6.07) is 11.8. The van der Waals surface area contributed by atoms with Crippen LogP contribution in [0, 0.1) is 0 Å². The number of rotatable bonds is 3. The Bertz CT molecular complexity index is 945. The highest BCUT2D eigenvalue weighted by Crippen LogP contribution is 2.24. The van der Waals surface area contributed by atoms with Crippen LogP contribution in [0.2, 0.25) is 0 Å². The van der Waals surface area contributed by atoms with Crippen LogP contribution >= 0.6 is 11.3 Å². The number of imidazole rings is 1. The molecule has 0 saturated carbocycles. The van der Waals surface area contributed by atoms with Crippen molar-refractivity contribution in [1.29, 1.82) is 0 Å². The van der Waals surface area contributed by atoms with Crippen molar-refractivity contribution in [2.75, 3.05) is 0 Å². The zero-order valence-corrected chi connectivity index (χ0v) is 12.8. The summed E-state index contributed by atoms with van der Waals surface area (Å²) < 4.78 is 3.04. The third-order valence-corrected chi connectivity index (χ3v) is 4.60. The van der Waals surface area contributed by atoms with Crippen LogP contribution in [0.25, 0.3) is 21.3 Å². The summed E-state index contributed by atoms with van der Waals surface area (Å²) in [6.45, 7) is 0.381. The maximum atomic E-state index is 12.4. The van der Waals surface area contributed by atoms with Crippen molar-refractivity contribution in [3.63, 3.8) is 0 Å². The normalized spacial score (nSPS) is 11.3. The van der Waals surface area contributed by atoms with Gasteiger partial charge in [-0.25, -0.2) is 4.98 Å². The molecule has 0 bridgehead atoms. The Labute approximate surface area is 130 Å². The number of hydrogen-bond donors (Lipinski definition) is 2. The van der Waals surface area contributed by atoms with Crippen LogP contribution in [0.5, 0.6) is 0 Å². The maximum absolute atomic E-state index is 12.4. The topological polar surface area (TPSA) is 62.7 Å². The first-order valence-electron chi connectivity index (χ1n) is 6.97. The van der Waals surface area contributed by atoms with Crippen molar-refractivity contribution in [2.45, 2.75) is 6.54 Å². The smallest absolute Gasteiger partial charge is 0.268 e. The summed E-state index contributed by atoms with van der Waals surface area (Å²) >= 11 is 1.64. The van der Waals surface area contributed by atoms with Crippen LogP contribution in [0.4, 0.5) is 0 Å². The van der Waals surface area contributed by atoms with Gasteiger partial charge < -0.3 is 14.9 Å². The van der Waals surface area contributed by atoms with E-state index in [2.05, 4.69) is 15.3 Å². The van der Waals surface area contributed by atoms with Crippen molar-refractivity contribution in [2.24, 2.45) is 7.05 Å². The van der Waals surface area contributed by atoms with Gasteiger partial charge in [-0.15, -0.1) is 11.3 Å². The van der Waals surface area contributed by atoms with E-state index < -0.39 is 0 Å². The van der Waals surface area contributed by atoms with E-state index in [-0.39, 0.29) is 5.91 Å². The molecule has 1 amide bonds. The number of hydrogen-bond acceptors (Lipinski definition) is 3. The Balaban J connectivity index is 1.54. The monoisotopic (exact) mass is 310 g/mol. The van der Waals surface area contributed by atoms with Gasteiger partial charge in [-0.3, -0.25) is 4.79 Å². The van der Waals surface area contributed by atoms with Gasteiger partial charge in [-0.05, 0) is 29.6 Å². The quantitative estimate of drug-likeness (QED) is 0.611. The standard InChI is InChI=1S/C16H14N4OS/c1-20-12-6-7-22-14(12)8-13(20)16(21)17-9-15-18-10-4-2-3-5-11(10)19-15/h2-8H,9H2,1H3,(H,17,21)(H,18,19). The van der Waals surface area contributed by atoms with E-state index in [9.17, 15) is 4.79 Å². The summed E-state index contributed by atoms with van der Waals surface area (Å²) in [6.07, 6.45) is 0. The molecule has 3 heterocycles. The van der Waals surface area contributed by atoms with Gasteiger partial charge in [0.25, 0.3) is 5.91 Å². The minimum Gasteiger partial charge on any atom is -0.344 e. The Morgan fingerprint density at radius 1 is 1.36 bits per heavy atom. The van der Waals surface area contributed by atoms with Crippen LogP contribution in [-0.2, 0) is 13.6 Å². The van der Waals surface area contributed by atoms with Gasteiger partial charge in [0, 0.05) is 7.05 Å². The van der Waals surface area contributed by atoms with Crippen LogP contribution in [0.1, 0.15) is 16.3 Å². The van der Waals surface area contributed by atoms with Gasteiger partial charge in [-0.1, -0.05) is 12.1 Å². The largest absolute Gasteiger partial charge is 0.344 e. The number of aromatic amines is 1. The molecule has 4 rings (SSSR count). The number of aryl methyl sites for hydroxylation is 1. The number of aromatic nitrogens is 3. The zero-order valence-electron chi connectivity index (χ0n) is 12.0. The van der Waals surface area contributed by atoms with E-state index in [1.165, 1.54) is 0 Å². The lowest BCUT2D eigenvalue weighted by Crippen LogP contribution is -2.25. The molecule has 0 atom stereocenters. The lowest BCUT2D eigenvalue weighted by molar-refractivity contribution is 0.0942. The van der Waals surface area contributed by atoms with Crippen LogP contribution in [0.15, 0.2) is 41.8 Å². The number of thiophene rings is 1. The Morgan fingerprint density at radius 2 is 2.23 bits per heavy atom. The molecule has 110 valence electrons. The molecule has 0 aliphatic carbocycles. The highest BCUT2D eigenvalue weighted by molar-refractivity contribution is 7.17. The van der Waals surface area contributed by atoms with Crippen molar-refractivity contribution >= 4 is 38.5 Å². The first-order valence-corrected chi connectivity index (χ1v) is 7.85. The molecule has 2 N–H and O–H groups in total. The molecule has 4 aromatic rings. The molecule has 5 nitrogen and oxygen atoms in total. The first-order chi connectivity index (χ1) is 10.7. The zero-order chi connectivity index (χ0) is 15.1. The number of carbonyl (C=O) groups is 1. The van der Waals surface area contributed by atoms with E-state index in [0.29, 0.717) is 12.2 Å². The molecule has 0 aliphatic rings. The Kier molecular flexibility index (Phi) is 2.97. The summed E-state index contributed by atoms with van der Waals surface area (Å²) in [4.78, 5) is 20.0. The second-order valence-electron chi connectivity index (χ2n) is 5.14. The molecule has 0 fully saturated rings. The number of nitrogens with one attached hydrogen (secondary N) is 2. The van der Waals surface area contributed by atoms with Crippen molar-refractivity contribution in [3.8, 4) is 0 Å². The molecule has 0 spiro atoms. The summed E-state index contributed by atoms with van der Waals surface area (Å²) in [5, 5.41) is 4.95. The number of fused-ring (bicyclic) bond motifs is 2. The van der Waals surface area contributed by atoms with Gasteiger partial charge in [0.05, 0.1) is 27.8 Å². The second-order valence-corrected chi connectivity index (χ2v) is 6.09. The van der Waals surface area contributed by atoms with Crippen LogP contribution in [-0.4, -0.2) is 20.4 Å². The van der Waals surface area contributed by atoms with Crippen molar-refractivity contribution in [3.05, 3.63) is 53.3 Å². The van der Waals surface area contributed by atoms with Crippen molar-refractivity contribution < 1.29 is 4.79 Å². The lowest BCUT2D eigenvalue weighted by atomic mass is 10.3. The second kappa shape index (κ2) is 4.99. The fourth-order valence-corrected chi connectivity index (χ4v) is 3.46. The summed E-state index contributed by atoms with van der Waals surface area (Å²) in [5.74, 6) is 0.664. The highest BCUT2D eigenvalue weighted by Gasteiger charge is 2.14. The van der Waals surface area contributed by atoms with E-state index in [4.69, 9.17) is 0 Å². The van der Waals surface area contributed by atoms with Crippen molar-refractivity contribution in [1.82, 2.24) is 19.9 Å². The highest BCUT2D eigenvalue weighted by atomic mass is 32.1. The molecule has 0 unspecified atom stereocenters. The minimum absolute atomic E-state index is 0.0913. The van der Waals surface area contributed by atoms with E-state index in [0.717, 1.165) is 27.1 Å². The third-order valence-electron chi connectivity index (χ3n) is 3.75. The molecule has 22 heavy (non-hydrogen) atoms. The number of amides is 1. The number of nitrogens with zero attached hydrogens (tertiary/aromatic N) is 2. The average Bonchev–Trinajstić information content (AvgIpc) is 3.20. The number of H-pyrrole nitrogens is 1. The fourth-order valence-electron chi connectivity index (χ4n) is 2.61. The maximum Gasteiger partial charge on any atom is 0.268 e. The lowest BCUT2D eigenvalue weighted by Gasteiger charge is -2.04. The predicted molar refractivity (Wildman–Crippen MR) is 88.1 cm³/mol. The Hall–Kier alpha value is -2.60. The Morgan fingerprint density at radius 3 is 3.05 bits per heavy atom. The van der Waals surface area contributed by atoms with E-state index in [1.807, 2.05) is 53.4 Å². The molecule has 0 saturated heterocycles. The molecule has 6 heteroatoms. The molecular weight excluding hydrogens is 296 g/mol. The summed E-state index contributed by atoms with van der Waals surface area (Å²) in [5.41, 5.74) is 3.63. The molecule has 3 aromatic heterocycles. The van der Waals surface area contributed by atoms with Crippen LogP contribution < -0.4 is 5.32 Å². The first kappa shape index (κ1) is 13.1. The third kappa shape index (κ3) is 2.08. The number of para-hydroxylation sites is 2. The molecule has 1 aromatic carbocycles. The van der Waals surface area contributed by atoms with Crippen LogP contribution in [0.3, 0.4) is 0 Å². The van der Waals surface area contributed by atoms with Gasteiger partial charge in [0.15, 0.2) is 0 Å². The molecule has 0 aliphatic heterocycles. The van der Waals surface area contributed by atoms with E-state index >= 15 is 0 Å². The average molecular weight is 310 g/mol. The fraction of sp³-hybridized carbons (Fsp3) is 0.125. The minimum atomic E-state index is -0.0913. The number of benzene rings is 1. The molecule has 0 radical (unpaired) electrons. The SMILES string of the molecule is Cn1c(C(=O)NCc2nc3ccccc3[nH]2)cc2sccc21. The molecular formula is C16H14N4OS. The van der Waals surface area contributed by atoms with Gasteiger partial charge in [0.1, 0.15) is 11.5 Å². The van der Waals surface area contributed by atoms with E-state index in [1.54, 1.807) is 11.3 Å².